The summed E-state index contributed by atoms with van der Waals surface area (Å²) in [5, 5.41) is 3.32. The molecule has 1 aromatic heterocycles. The largest absolute Gasteiger partial charge is 0.464 e. The fourth-order valence-corrected chi connectivity index (χ4v) is 2.41. The highest BCUT2D eigenvalue weighted by Crippen LogP contribution is 2.31. The highest BCUT2D eigenvalue weighted by molar-refractivity contribution is 6.30. The van der Waals surface area contributed by atoms with E-state index in [1.54, 1.807) is 31.2 Å². The van der Waals surface area contributed by atoms with Gasteiger partial charge in [-0.3, -0.25) is 0 Å². The zero-order chi connectivity index (χ0) is 20.9. The Balaban J connectivity index is 1.80. The van der Waals surface area contributed by atoms with Gasteiger partial charge < -0.3 is 14.8 Å². The lowest BCUT2D eigenvalue weighted by Crippen LogP contribution is -2.08. The lowest BCUT2D eigenvalue weighted by molar-refractivity contribution is -0.137. The van der Waals surface area contributed by atoms with Crippen LogP contribution in [-0.2, 0) is 12.8 Å². The van der Waals surface area contributed by atoms with Gasteiger partial charge in [-0.05, 0) is 42.8 Å². The number of hydrogen-bond donors (Lipinski definition) is 1. The monoisotopic (exact) mass is 424 g/mol. The molecule has 1 N–H and O–H groups in total. The van der Waals surface area contributed by atoms with Crippen LogP contribution in [0.2, 0.25) is 5.02 Å². The summed E-state index contributed by atoms with van der Waals surface area (Å²) >= 11 is 5.85. The van der Waals surface area contributed by atoms with E-state index in [-0.39, 0.29) is 30.3 Å². The van der Waals surface area contributed by atoms with Crippen LogP contribution in [0.5, 0.6) is 12.0 Å². The molecule has 10 heteroatoms. The smallest absolute Gasteiger partial charge is 0.416 e. The number of ether oxygens (including phenoxy) is 2. The molecule has 0 spiro atoms. The SMILES string of the molecule is CCOc1nc(Nc2cccc(C(F)(F)F)c2)nc(OCc2ccc(Cl)cc2)n1. The molecule has 0 aliphatic carbocycles. The van der Waals surface area contributed by atoms with E-state index in [1.807, 2.05) is 0 Å². The Bertz CT molecular complexity index is 968. The first-order valence-corrected chi connectivity index (χ1v) is 8.91. The molecule has 0 aliphatic heterocycles. The molecule has 0 atom stereocenters. The molecule has 0 saturated heterocycles. The van der Waals surface area contributed by atoms with Crippen molar-refractivity contribution in [2.24, 2.45) is 0 Å². The van der Waals surface area contributed by atoms with Crippen LogP contribution in [0.4, 0.5) is 24.8 Å². The minimum atomic E-state index is -4.46. The Morgan fingerprint density at radius 1 is 0.966 bits per heavy atom. The molecule has 0 saturated carbocycles. The molecule has 0 radical (unpaired) electrons. The molecule has 1 heterocycles. The van der Waals surface area contributed by atoms with Gasteiger partial charge in [-0.25, -0.2) is 0 Å². The topological polar surface area (TPSA) is 69.2 Å². The normalized spacial score (nSPS) is 11.2. The highest BCUT2D eigenvalue weighted by atomic mass is 35.5. The fourth-order valence-electron chi connectivity index (χ4n) is 2.28. The Morgan fingerprint density at radius 2 is 1.66 bits per heavy atom. The van der Waals surface area contributed by atoms with E-state index in [9.17, 15) is 13.2 Å². The minimum Gasteiger partial charge on any atom is -0.464 e. The van der Waals surface area contributed by atoms with Crippen LogP contribution in [0, 0.1) is 0 Å². The van der Waals surface area contributed by atoms with Crippen molar-refractivity contribution in [3.8, 4) is 12.0 Å². The van der Waals surface area contributed by atoms with Gasteiger partial charge in [-0.2, -0.15) is 23.1 Å². The summed E-state index contributed by atoms with van der Waals surface area (Å²) in [7, 11) is 0. The van der Waals surface area contributed by atoms with E-state index in [0.29, 0.717) is 11.6 Å². The zero-order valence-corrected chi connectivity index (χ0v) is 16.0. The summed E-state index contributed by atoms with van der Waals surface area (Å²) in [5.41, 5.74) is 0.207. The molecule has 0 aliphatic rings. The van der Waals surface area contributed by atoms with Gasteiger partial charge in [0.2, 0.25) is 5.95 Å². The third kappa shape index (κ3) is 5.95. The summed E-state index contributed by atoms with van der Waals surface area (Å²) < 4.78 is 49.6. The van der Waals surface area contributed by atoms with Gasteiger partial charge in [-0.1, -0.05) is 29.8 Å². The highest BCUT2D eigenvalue weighted by Gasteiger charge is 2.30. The maximum absolute atomic E-state index is 12.9. The van der Waals surface area contributed by atoms with Crippen LogP contribution in [0.3, 0.4) is 0 Å². The van der Waals surface area contributed by atoms with Crippen molar-refractivity contribution in [3.63, 3.8) is 0 Å². The second-order valence-corrected chi connectivity index (χ2v) is 6.21. The average molecular weight is 425 g/mol. The number of rotatable bonds is 7. The van der Waals surface area contributed by atoms with Gasteiger partial charge in [0.05, 0.1) is 12.2 Å². The number of anilines is 2. The average Bonchev–Trinajstić information content (AvgIpc) is 2.67. The van der Waals surface area contributed by atoms with Crippen LogP contribution in [0.1, 0.15) is 18.1 Å². The lowest BCUT2D eigenvalue weighted by atomic mass is 10.2. The van der Waals surface area contributed by atoms with Crippen molar-refractivity contribution >= 4 is 23.2 Å². The van der Waals surface area contributed by atoms with Gasteiger partial charge in [0.25, 0.3) is 0 Å². The van der Waals surface area contributed by atoms with E-state index in [2.05, 4.69) is 20.3 Å². The first-order valence-electron chi connectivity index (χ1n) is 8.54. The van der Waals surface area contributed by atoms with Crippen molar-refractivity contribution in [1.82, 2.24) is 15.0 Å². The summed E-state index contributed by atoms with van der Waals surface area (Å²) in [6, 6.07) is 11.7. The second-order valence-electron chi connectivity index (χ2n) is 5.78. The van der Waals surface area contributed by atoms with Crippen LogP contribution in [-0.4, -0.2) is 21.6 Å². The Labute approximate surface area is 169 Å². The molecule has 0 unspecified atom stereocenters. The molecule has 0 bridgehead atoms. The van der Waals surface area contributed by atoms with E-state index in [0.717, 1.165) is 17.7 Å². The van der Waals surface area contributed by atoms with Crippen LogP contribution in [0.15, 0.2) is 48.5 Å². The number of aromatic nitrogens is 3. The first kappa shape index (κ1) is 20.7. The van der Waals surface area contributed by atoms with Crippen molar-refractivity contribution in [1.29, 1.82) is 0 Å². The van der Waals surface area contributed by atoms with Gasteiger partial charge in [0.1, 0.15) is 6.61 Å². The van der Waals surface area contributed by atoms with Gasteiger partial charge >= 0.3 is 18.2 Å². The maximum atomic E-state index is 12.9. The molecule has 0 amide bonds. The van der Waals surface area contributed by atoms with Gasteiger partial charge in [-0.15, -0.1) is 4.98 Å². The summed E-state index contributed by atoms with van der Waals surface area (Å²) in [6.45, 7) is 2.21. The van der Waals surface area contributed by atoms with E-state index in [1.165, 1.54) is 12.1 Å². The number of benzene rings is 2. The fraction of sp³-hybridized carbons (Fsp3) is 0.211. The van der Waals surface area contributed by atoms with Crippen molar-refractivity contribution in [2.45, 2.75) is 19.7 Å². The number of nitrogens with one attached hydrogen (secondary N) is 1. The van der Waals surface area contributed by atoms with Crippen molar-refractivity contribution in [2.75, 3.05) is 11.9 Å². The molecule has 3 aromatic rings. The third-order valence-electron chi connectivity index (χ3n) is 3.60. The number of hydrogen-bond acceptors (Lipinski definition) is 6. The minimum absolute atomic E-state index is 0.00567. The number of halogens is 4. The molecule has 152 valence electrons. The van der Waals surface area contributed by atoms with Gasteiger partial charge in [0, 0.05) is 10.7 Å². The quantitative estimate of drug-likeness (QED) is 0.557. The van der Waals surface area contributed by atoms with Crippen molar-refractivity contribution < 1.29 is 22.6 Å². The molecular weight excluding hydrogens is 409 g/mol. The third-order valence-corrected chi connectivity index (χ3v) is 3.85. The molecule has 6 nitrogen and oxygen atoms in total. The maximum Gasteiger partial charge on any atom is 0.416 e. The van der Waals surface area contributed by atoms with Crippen LogP contribution < -0.4 is 14.8 Å². The first-order chi connectivity index (χ1) is 13.8. The van der Waals surface area contributed by atoms with Gasteiger partial charge in [0.15, 0.2) is 0 Å². The van der Waals surface area contributed by atoms with E-state index in [4.69, 9.17) is 21.1 Å². The van der Waals surface area contributed by atoms with E-state index < -0.39 is 11.7 Å². The summed E-state index contributed by atoms with van der Waals surface area (Å²) in [4.78, 5) is 12.2. The predicted octanol–water partition coefficient (Wildman–Crippen LogP) is 5.27. The molecular formula is C19H16ClF3N4O2. The predicted molar refractivity (Wildman–Crippen MR) is 102 cm³/mol. The van der Waals surface area contributed by atoms with E-state index >= 15 is 0 Å². The zero-order valence-electron chi connectivity index (χ0n) is 15.2. The molecule has 29 heavy (non-hydrogen) atoms. The van der Waals surface area contributed by atoms with Crippen LogP contribution in [0.25, 0.3) is 0 Å². The lowest BCUT2D eigenvalue weighted by Gasteiger charge is -2.11. The number of nitrogens with zero attached hydrogens (tertiary/aromatic N) is 3. The summed E-state index contributed by atoms with van der Waals surface area (Å²) in [5.74, 6) is -0.00567. The number of alkyl halides is 3. The Morgan fingerprint density at radius 3 is 2.31 bits per heavy atom. The second kappa shape index (κ2) is 8.95. The summed E-state index contributed by atoms with van der Waals surface area (Å²) in [6.07, 6.45) is -4.46. The molecule has 3 rings (SSSR count). The Hall–Kier alpha value is -3.07. The Kier molecular flexibility index (Phi) is 6.38. The van der Waals surface area contributed by atoms with Crippen LogP contribution >= 0.6 is 11.6 Å². The standard InChI is InChI=1S/C19H16ClF3N4O2/c1-2-28-17-25-16(24-15-5-3-4-13(10-15)19(21,22)23)26-18(27-17)29-11-12-6-8-14(20)9-7-12/h3-10H,2,11H2,1H3,(H,24,25,26,27). The molecule has 0 fully saturated rings. The van der Waals surface area contributed by atoms with Crippen molar-refractivity contribution in [3.05, 3.63) is 64.7 Å². The molecule has 2 aromatic carbocycles.